The minimum absolute atomic E-state index is 0.0904. The second kappa shape index (κ2) is 7.26. The van der Waals surface area contributed by atoms with Gasteiger partial charge in [-0.05, 0) is 18.2 Å². The van der Waals surface area contributed by atoms with E-state index in [9.17, 15) is 8.42 Å². The van der Waals surface area contributed by atoms with E-state index in [4.69, 9.17) is 5.73 Å². The van der Waals surface area contributed by atoms with Gasteiger partial charge in [0.05, 0.1) is 23.5 Å². The third-order valence-electron chi connectivity index (χ3n) is 2.81. The van der Waals surface area contributed by atoms with E-state index in [1.165, 1.54) is 27.4 Å². The molecule has 0 saturated heterocycles. The number of rotatable bonds is 7. The number of hydrogen-bond donors (Lipinski definition) is 1. The minimum atomic E-state index is -3.27. The van der Waals surface area contributed by atoms with Gasteiger partial charge in [-0.3, -0.25) is 0 Å². The van der Waals surface area contributed by atoms with Crippen LogP contribution in [0.1, 0.15) is 5.69 Å². The molecule has 21 heavy (non-hydrogen) atoms. The SMILES string of the molecule is CN(Cc1cscn1)S(=O)(=O)CCSc1cccc(N)c1. The van der Waals surface area contributed by atoms with Gasteiger partial charge in [0.2, 0.25) is 10.0 Å². The van der Waals surface area contributed by atoms with Gasteiger partial charge >= 0.3 is 0 Å². The molecule has 0 saturated carbocycles. The smallest absolute Gasteiger partial charge is 0.215 e. The fourth-order valence-electron chi connectivity index (χ4n) is 1.67. The zero-order chi connectivity index (χ0) is 15.3. The van der Waals surface area contributed by atoms with Crippen molar-refractivity contribution in [2.24, 2.45) is 0 Å². The van der Waals surface area contributed by atoms with Gasteiger partial charge in [-0.2, -0.15) is 4.31 Å². The van der Waals surface area contributed by atoms with Gasteiger partial charge < -0.3 is 5.73 Å². The molecule has 0 spiro atoms. The number of thiazole rings is 1. The molecule has 0 fully saturated rings. The van der Waals surface area contributed by atoms with Crippen molar-refractivity contribution in [1.29, 1.82) is 0 Å². The Bertz CT molecular complexity index is 672. The highest BCUT2D eigenvalue weighted by Crippen LogP contribution is 2.20. The van der Waals surface area contributed by atoms with Gasteiger partial charge in [0.15, 0.2) is 0 Å². The Morgan fingerprint density at radius 1 is 1.43 bits per heavy atom. The summed E-state index contributed by atoms with van der Waals surface area (Å²) in [6.45, 7) is 0.314. The molecule has 1 aromatic heterocycles. The molecule has 0 atom stereocenters. The highest BCUT2D eigenvalue weighted by Gasteiger charge is 2.18. The maximum Gasteiger partial charge on any atom is 0.215 e. The molecule has 1 heterocycles. The molecule has 5 nitrogen and oxygen atoms in total. The Hall–Kier alpha value is -1.09. The maximum atomic E-state index is 12.2. The lowest BCUT2D eigenvalue weighted by atomic mass is 10.3. The largest absolute Gasteiger partial charge is 0.399 e. The summed E-state index contributed by atoms with van der Waals surface area (Å²) in [6, 6.07) is 7.44. The molecule has 0 unspecified atom stereocenters. The van der Waals surface area contributed by atoms with E-state index in [-0.39, 0.29) is 5.75 Å². The summed E-state index contributed by atoms with van der Waals surface area (Å²) >= 11 is 2.95. The van der Waals surface area contributed by atoms with Crippen molar-refractivity contribution in [2.75, 3.05) is 24.3 Å². The Labute approximate surface area is 133 Å². The van der Waals surface area contributed by atoms with Crippen molar-refractivity contribution in [1.82, 2.24) is 9.29 Å². The minimum Gasteiger partial charge on any atom is -0.399 e. The number of nitrogens with two attached hydrogens (primary N) is 1. The van der Waals surface area contributed by atoms with Crippen LogP contribution < -0.4 is 5.73 Å². The van der Waals surface area contributed by atoms with E-state index in [0.29, 0.717) is 18.0 Å². The van der Waals surface area contributed by atoms with Crippen LogP contribution in [0.3, 0.4) is 0 Å². The van der Waals surface area contributed by atoms with Gasteiger partial charge in [-0.1, -0.05) is 6.07 Å². The van der Waals surface area contributed by atoms with E-state index in [2.05, 4.69) is 4.98 Å². The number of thioether (sulfide) groups is 1. The first-order chi connectivity index (χ1) is 9.97. The number of nitrogens with zero attached hydrogens (tertiary/aromatic N) is 2. The summed E-state index contributed by atoms with van der Waals surface area (Å²) in [6.07, 6.45) is 0. The molecule has 2 N–H and O–H groups in total. The van der Waals surface area contributed by atoms with Gasteiger partial charge in [0.1, 0.15) is 0 Å². The predicted octanol–water partition coefficient (Wildman–Crippen LogP) is 2.28. The van der Waals surface area contributed by atoms with Gasteiger partial charge in [0.25, 0.3) is 0 Å². The molecule has 0 amide bonds. The first-order valence-electron chi connectivity index (χ1n) is 6.27. The zero-order valence-corrected chi connectivity index (χ0v) is 14.0. The van der Waals surface area contributed by atoms with Crippen molar-refractivity contribution >= 4 is 38.8 Å². The van der Waals surface area contributed by atoms with Crippen LogP contribution in [0.5, 0.6) is 0 Å². The van der Waals surface area contributed by atoms with Crippen LogP contribution in [-0.2, 0) is 16.6 Å². The third kappa shape index (κ3) is 4.99. The molecular weight excluding hydrogens is 326 g/mol. The molecule has 0 aliphatic rings. The number of hydrogen-bond acceptors (Lipinski definition) is 6. The van der Waals surface area contributed by atoms with Crippen molar-refractivity contribution < 1.29 is 8.42 Å². The lowest BCUT2D eigenvalue weighted by Crippen LogP contribution is -2.29. The third-order valence-corrected chi connectivity index (χ3v) is 6.50. The zero-order valence-electron chi connectivity index (χ0n) is 11.6. The molecule has 8 heteroatoms. The van der Waals surface area contributed by atoms with Crippen LogP contribution in [0.15, 0.2) is 40.1 Å². The Balaban J connectivity index is 1.86. The number of aromatic nitrogens is 1. The number of anilines is 1. The van der Waals surface area contributed by atoms with Crippen molar-refractivity contribution in [3.8, 4) is 0 Å². The highest BCUT2D eigenvalue weighted by atomic mass is 32.2. The summed E-state index contributed by atoms with van der Waals surface area (Å²) in [5.41, 5.74) is 8.85. The Morgan fingerprint density at radius 2 is 2.24 bits per heavy atom. The number of sulfonamides is 1. The quantitative estimate of drug-likeness (QED) is 0.616. The number of benzene rings is 1. The van der Waals surface area contributed by atoms with E-state index in [1.807, 2.05) is 29.6 Å². The van der Waals surface area contributed by atoms with Crippen LogP contribution in [-0.4, -0.2) is 36.3 Å². The molecule has 0 aliphatic heterocycles. The Kier molecular flexibility index (Phi) is 5.63. The topological polar surface area (TPSA) is 76.3 Å². The lowest BCUT2D eigenvalue weighted by Gasteiger charge is -2.15. The Morgan fingerprint density at radius 3 is 2.90 bits per heavy atom. The van der Waals surface area contributed by atoms with Crippen LogP contribution in [0, 0.1) is 0 Å². The summed E-state index contributed by atoms with van der Waals surface area (Å²) in [4.78, 5) is 5.08. The second-order valence-corrected chi connectivity index (χ2v) is 8.56. The monoisotopic (exact) mass is 343 g/mol. The fourth-order valence-corrected chi connectivity index (χ4v) is 4.66. The van der Waals surface area contributed by atoms with E-state index < -0.39 is 10.0 Å². The molecular formula is C13H17N3O2S3. The van der Waals surface area contributed by atoms with E-state index >= 15 is 0 Å². The average molecular weight is 343 g/mol. The summed E-state index contributed by atoms with van der Waals surface area (Å²) in [5.74, 6) is 0.584. The molecule has 1 aromatic carbocycles. The summed E-state index contributed by atoms with van der Waals surface area (Å²) in [7, 11) is -1.69. The van der Waals surface area contributed by atoms with Crippen LogP contribution in [0.2, 0.25) is 0 Å². The molecule has 2 aromatic rings. The first kappa shape index (κ1) is 16.3. The molecule has 114 valence electrons. The highest BCUT2D eigenvalue weighted by molar-refractivity contribution is 8.00. The second-order valence-electron chi connectivity index (χ2n) is 4.47. The average Bonchev–Trinajstić information content (AvgIpc) is 2.91. The maximum absolute atomic E-state index is 12.2. The van der Waals surface area contributed by atoms with Crippen molar-refractivity contribution in [3.05, 3.63) is 40.8 Å². The summed E-state index contributed by atoms with van der Waals surface area (Å²) < 4.78 is 25.7. The predicted molar refractivity (Wildman–Crippen MR) is 88.9 cm³/mol. The lowest BCUT2D eigenvalue weighted by molar-refractivity contribution is 0.464. The van der Waals surface area contributed by atoms with Crippen LogP contribution in [0.4, 0.5) is 5.69 Å². The molecule has 0 aliphatic carbocycles. The first-order valence-corrected chi connectivity index (χ1v) is 9.80. The van der Waals surface area contributed by atoms with Crippen LogP contribution >= 0.6 is 23.1 Å². The van der Waals surface area contributed by atoms with E-state index in [1.54, 1.807) is 12.6 Å². The van der Waals surface area contributed by atoms with Crippen molar-refractivity contribution in [2.45, 2.75) is 11.4 Å². The van der Waals surface area contributed by atoms with E-state index in [0.717, 1.165) is 10.6 Å². The normalized spacial score (nSPS) is 11.9. The summed E-state index contributed by atoms with van der Waals surface area (Å²) in [5, 5.41) is 1.85. The number of nitrogen functional groups attached to an aromatic ring is 1. The standard InChI is InChI=1S/C13H17N3O2S3/c1-16(8-12-9-19-10-15-12)21(17,18)6-5-20-13-4-2-3-11(14)7-13/h2-4,7,9-10H,5-6,8,14H2,1H3. The van der Waals surface area contributed by atoms with Gasteiger partial charge in [-0.15, -0.1) is 23.1 Å². The van der Waals surface area contributed by atoms with Crippen molar-refractivity contribution in [3.63, 3.8) is 0 Å². The molecule has 2 rings (SSSR count). The molecule has 0 bridgehead atoms. The van der Waals surface area contributed by atoms with Crippen LogP contribution in [0.25, 0.3) is 0 Å². The molecule has 0 radical (unpaired) electrons. The van der Waals surface area contributed by atoms with Gasteiger partial charge in [-0.25, -0.2) is 13.4 Å². The fraction of sp³-hybridized carbons (Fsp3) is 0.308. The van der Waals surface area contributed by atoms with Gasteiger partial charge in [0, 0.05) is 28.8 Å².